The lowest BCUT2D eigenvalue weighted by Crippen LogP contribution is -2.54. The molecule has 0 spiro atoms. The first kappa shape index (κ1) is 23.7. The van der Waals surface area contributed by atoms with Gasteiger partial charge in [0.25, 0.3) is 11.8 Å². The summed E-state index contributed by atoms with van der Waals surface area (Å²) in [4.78, 5) is 40.2. The molecule has 1 saturated heterocycles. The van der Waals surface area contributed by atoms with Crippen molar-refractivity contribution in [3.63, 3.8) is 0 Å². The zero-order valence-corrected chi connectivity index (χ0v) is 21.4. The van der Waals surface area contributed by atoms with Gasteiger partial charge in [0.2, 0.25) is 0 Å². The normalized spacial score (nSPS) is 15.0. The molecular weight excluding hydrogens is 516 g/mol. The van der Waals surface area contributed by atoms with Gasteiger partial charge in [0.05, 0.1) is 5.69 Å². The first-order chi connectivity index (χ1) is 17.3. The monoisotopic (exact) mass is 538 g/mol. The summed E-state index contributed by atoms with van der Waals surface area (Å²) in [6.45, 7) is 3.87. The van der Waals surface area contributed by atoms with Crippen molar-refractivity contribution in [1.82, 2.24) is 5.32 Å². The number of carbonyl (C=O) groups is 3. The number of nitrogens with zero attached hydrogens (tertiary/aromatic N) is 1. The second-order valence-electron chi connectivity index (χ2n) is 8.85. The number of hydrogen-bond acceptors (Lipinski definition) is 3. The Bertz CT molecular complexity index is 1590. The van der Waals surface area contributed by atoms with Crippen LogP contribution in [0, 0.1) is 13.8 Å². The lowest BCUT2D eigenvalue weighted by atomic mass is 9.92. The Hall–Kier alpha value is -4.03. The molecule has 0 unspecified atom stereocenters. The van der Waals surface area contributed by atoms with E-state index >= 15 is 0 Å². The number of urea groups is 1. The van der Waals surface area contributed by atoms with E-state index in [-0.39, 0.29) is 5.57 Å². The quantitative estimate of drug-likeness (QED) is 0.239. The topological polar surface area (TPSA) is 66.5 Å². The molecule has 0 aromatic heterocycles. The van der Waals surface area contributed by atoms with Gasteiger partial charge in [-0.25, -0.2) is 9.69 Å². The van der Waals surface area contributed by atoms with E-state index in [1.54, 1.807) is 18.2 Å². The van der Waals surface area contributed by atoms with E-state index in [1.807, 2.05) is 80.6 Å². The van der Waals surface area contributed by atoms with E-state index < -0.39 is 17.8 Å². The van der Waals surface area contributed by atoms with Gasteiger partial charge in [-0.1, -0.05) is 76.6 Å². The summed E-state index contributed by atoms with van der Waals surface area (Å²) < 4.78 is 0.981. The van der Waals surface area contributed by atoms with Gasteiger partial charge in [-0.05, 0) is 83.1 Å². The maximum atomic E-state index is 13.6. The third-order valence-electron chi connectivity index (χ3n) is 6.54. The van der Waals surface area contributed by atoms with Crippen molar-refractivity contribution >= 4 is 56.3 Å². The predicted octanol–water partition coefficient (Wildman–Crippen LogP) is 6.48. The van der Waals surface area contributed by atoms with Crippen molar-refractivity contribution < 1.29 is 14.4 Å². The van der Waals surface area contributed by atoms with Gasteiger partial charge < -0.3 is 0 Å². The number of nitrogens with one attached hydrogen (secondary N) is 1. The fourth-order valence-corrected chi connectivity index (χ4v) is 4.84. The number of hydrogen-bond donors (Lipinski definition) is 1. The van der Waals surface area contributed by atoms with Crippen LogP contribution in [0.2, 0.25) is 0 Å². The highest BCUT2D eigenvalue weighted by atomic mass is 79.9. The van der Waals surface area contributed by atoms with Crippen molar-refractivity contribution in [2.24, 2.45) is 0 Å². The SMILES string of the molecule is Cc1ccc(N2C(=O)NC(=O)/C(=C\c3c(Cc4ccccc4Br)ccc4ccccc34)C2=O)cc1C. The van der Waals surface area contributed by atoms with Crippen LogP contribution in [-0.2, 0) is 16.0 Å². The minimum Gasteiger partial charge on any atom is -0.273 e. The predicted molar refractivity (Wildman–Crippen MR) is 146 cm³/mol. The average molecular weight is 539 g/mol. The average Bonchev–Trinajstić information content (AvgIpc) is 2.86. The summed E-state index contributed by atoms with van der Waals surface area (Å²) in [6, 6.07) is 24.5. The lowest BCUT2D eigenvalue weighted by molar-refractivity contribution is -0.122. The van der Waals surface area contributed by atoms with E-state index in [0.29, 0.717) is 12.1 Å². The lowest BCUT2D eigenvalue weighted by Gasteiger charge is -2.27. The summed E-state index contributed by atoms with van der Waals surface area (Å²) in [7, 11) is 0. The second-order valence-corrected chi connectivity index (χ2v) is 9.71. The third kappa shape index (κ3) is 4.36. The smallest absolute Gasteiger partial charge is 0.273 e. The van der Waals surface area contributed by atoms with Crippen LogP contribution in [0.25, 0.3) is 16.8 Å². The van der Waals surface area contributed by atoms with E-state index in [1.165, 1.54) is 0 Å². The van der Waals surface area contributed by atoms with Crippen LogP contribution in [0.1, 0.15) is 27.8 Å². The Kier molecular flexibility index (Phi) is 6.29. The molecule has 0 saturated carbocycles. The van der Waals surface area contributed by atoms with Crippen LogP contribution in [0.3, 0.4) is 0 Å². The highest BCUT2D eigenvalue weighted by Gasteiger charge is 2.37. The maximum Gasteiger partial charge on any atom is 0.335 e. The number of imide groups is 2. The van der Waals surface area contributed by atoms with Gasteiger partial charge in [-0.3, -0.25) is 14.9 Å². The summed E-state index contributed by atoms with van der Waals surface area (Å²) in [5.74, 6) is -1.35. The van der Waals surface area contributed by atoms with Gasteiger partial charge in [-0.15, -0.1) is 0 Å². The van der Waals surface area contributed by atoms with Gasteiger partial charge >= 0.3 is 6.03 Å². The summed E-state index contributed by atoms with van der Waals surface area (Å²) in [5, 5.41) is 4.25. The van der Waals surface area contributed by atoms with Crippen molar-refractivity contribution in [3.05, 3.63) is 117 Å². The summed E-state index contributed by atoms with van der Waals surface area (Å²) in [5.41, 5.74) is 5.14. The van der Waals surface area contributed by atoms with Gasteiger partial charge in [-0.2, -0.15) is 0 Å². The fraction of sp³-hybridized carbons (Fsp3) is 0.100. The van der Waals surface area contributed by atoms with E-state index in [9.17, 15) is 14.4 Å². The van der Waals surface area contributed by atoms with Gasteiger partial charge in [0.15, 0.2) is 0 Å². The van der Waals surface area contributed by atoms with Gasteiger partial charge in [0.1, 0.15) is 5.57 Å². The van der Waals surface area contributed by atoms with E-state index in [0.717, 1.165) is 48.0 Å². The van der Waals surface area contributed by atoms with Crippen LogP contribution in [-0.4, -0.2) is 17.8 Å². The van der Waals surface area contributed by atoms with E-state index in [2.05, 4.69) is 21.2 Å². The maximum absolute atomic E-state index is 13.6. The molecule has 4 aromatic carbocycles. The molecule has 0 atom stereocenters. The molecule has 0 radical (unpaired) electrons. The molecule has 1 aliphatic heterocycles. The second kappa shape index (κ2) is 9.55. The zero-order chi connectivity index (χ0) is 25.4. The Morgan fingerprint density at radius 3 is 2.36 bits per heavy atom. The molecule has 1 N–H and O–H groups in total. The molecule has 178 valence electrons. The minimum absolute atomic E-state index is 0.0856. The standard InChI is InChI=1S/C30H23BrN2O3/c1-18-11-14-23(15-19(18)2)33-29(35)26(28(34)32-30(33)36)17-25-21(16-22-8-4-6-10-27(22)31)13-12-20-7-3-5-9-24(20)25/h3-15,17H,16H2,1-2H3,(H,32,34,36)/b26-17+. The number of benzene rings is 4. The Morgan fingerprint density at radius 2 is 1.58 bits per heavy atom. The van der Waals surface area contributed by atoms with E-state index in [4.69, 9.17) is 0 Å². The van der Waals surface area contributed by atoms with Crippen LogP contribution >= 0.6 is 15.9 Å². The van der Waals surface area contributed by atoms with Crippen molar-refractivity contribution in [3.8, 4) is 0 Å². The van der Waals surface area contributed by atoms with Crippen LogP contribution in [0.15, 0.2) is 88.9 Å². The van der Waals surface area contributed by atoms with Crippen LogP contribution < -0.4 is 10.2 Å². The molecule has 0 bridgehead atoms. The Balaban J connectivity index is 1.65. The van der Waals surface area contributed by atoms with Crippen LogP contribution in [0.4, 0.5) is 10.5 Å². The Morgan fingerprint density at radius 1 is 0.833 bits per heavy atom. The number of fused-ring (bicyclic) bond motifs is 1. The van der Waals surface area contributed by atoms with Crippen LogP contribution in [0.5, 0.6) is 0 Å². The van der Waals surface area contributed by atoms with Gasteiger partial charge in [0, 0.05) is 4.47 Å². The highest BCUT2D eigenvalue weighted by molar-refractivity contribution is 9.10. The molecule has 36 heavy (non-hydrogen) atoms. The largest absolute Gasteiger partial charge is 0.335 e. The summed E-state index contributed by atoms with van der Waals surface area (Å²) in [6.07, 6.45) is 2.22. The van der Waals surface area contributed by atoms with Crippen molar-refractivity contribution in [2.45, 2.75) is 20.3 Å². The zero-order valence-electron chi connectivity index (χ0n) is 19.8. The minimum atomic E-state index is -0.753. The molecule has 4 aromatic rings. The number of barbiturate groups is 1. The molecule has 1 aliphatic rings. The number of amides is 4. The summed E-state index contributed by atoms with van der Waals surface area (Å²) >= 11 is 3.62. The molecule has 0 aliphatic carbocycles. The molecule has 1 fully saturated rings. The molecule has 5 nitrogen and oxygen atoms in total. The van der Waals surface area contributed by atoms with Crippen molar-refractivity contribution in [2.75, 3.05) is 4.90 Å². The first-order valence-corrected chi connectivity index (χ1v) is 12.4. The molecule has 6 heteroatoms. The highest BCUT2D eigenvalue weighted by Crippen LogP contribution is 2.30. The third-order valence-corrected chi connectivity index (χ3v) is 7.31. The number of aryl methyl sites for hydroxylation is 2. The first-order valence-electron chi connectivity index (χ1n) is 11.6. The Labute approximate surface area is 217 Å². The number of carbonyl (C=O) groups excluding carboxylic acids is 3. The molecular formula is C30H23BrN2O3. The molecule has 1 heterocycles. The van der Waals surface area contributed by atoms with Crippen molar-refractivity contribution in [1.29, 1.82) is 0 Å². The molecule has 4 amide bonds. The number of anilines is 1. The fourth-order valence-electron chi connectivity index (χ4n) is 4.41. The molecule has 5 rings (SSSR count). The number of rotatable bonds is 4. The number of halogens is 1.